The highest BCUT2D eigenvalue weighted by atomic mass is 35.5. The molecule has 0 fully saturated rings. The van der Waals surface area contributed by atoms with E-state index < -0.39 is 13.0 Å². The molecule has 0 spiro atoms. The minimum atomic E-state index is -2.46. The van der Waals surface area contributed by atoms with Crippen LogP contribution in [0.15, 0.2) is 0 Å². The lowest BCUT2D eigenvalue weighted by atomic mass is 10.6. The lowest BCUT2D eigenvalue weighted by molar-refractivity contribution is 0.156. The average molecular weight is 252 g/mol. The molecule has 1 aromatic heterocycles. The lowest BCUT2D eigenvalue weighted by Crippen LogP contribution is -2.26. The quantitative estimate of drug-likeness (QED) is 0.863. The van der Waals surface area contributed by atoms with E-state index in [2.05, 4.69) is 20.3 Å². The number of aromatic nitrogens is 3. The Morgan fingerprint density at radius 3 is 2.62 bits per heavy atom. The van der Waals surface area contributed by atoms with E-state index in [0.29, 0.717) is 6.54 Å². The second kappa shape index (κ2) is 5.74. The third-order valence-corrected chi connectivity index (χ3v) is 1.85. The molecule has 1 heterocycles. The van der Waals surface area contributed by atoms with Gasteiger partial charge in [0.1, 0.15) is 0 Å². The zero-order valence-electron chi connectivity index (χ0n) is 8.91. The van der Waals surface area contributed by atoms with Crippen molar-refractivity contribution in [3.8, 4) is 0 Å². The molecule has 90 valence electrons. The second-order valence-electron chi connectivity index (χ2n) is 3.03. The predicted octanol–water partition coefficient (Wildman–Crippen LogP) is 1.66. The third-order valence-electron chi connectivity index (χ3n) is 1.68. The van der Waals surface area contributed by atoms with Gasteiger partial charge in [-0.3, -0.25) is 0 Å². The van der Waals surface area contributed by atoms with Gasteiger partial charge in [0, 0.05) is 13.6 Å². The van der Waals surface area contributed by atoms with E-state index >= 15 is 0 Å². The predicted molar refractivity (Wildman–Crippen MR) is 58.3 cm³/mol. The molecule has 0 saturated heterocycles. The van der Waals surface area contributed by atoms with Gasteiger partial charge in [-0.05, 0) is 18.5 Å². The largest absolute Gasteiger partial charge is 0.354 e. The number of hydrogen-bond donors (Lipinski definition) is 1. The Morgan fingerprint density at radius 1 is 1.38 bits per heavy atom. The number of alkyl halides is 2. The van der Waals surface area contributed by atoms with Gasteiger partial charge in [0.05, 0.1) is 6.54 Å². The van der Waals surface area contributed by atoms with Crippen LogP contribution in [0, 0.1) is 0 Å². The van der Waals surface area contributed by atoms with Crippen molar-refractivity contribution in [1.29, 1.82) is 0 Å². The summed E-state index contributed by atoms with van der Waals surface area (Å²) in [5.74, 6) is 0.398. The number of rotatable bonds is 5. The summed E-state index contributed by atoms with van der Waals surface area (Å²) >= 11 is 5.65. The first-order valence-corrected chi connectivity index (χ1v) is 5.05. The summed E-state index contributed by atoms with van der Waals surface area (Å²) < 4.78 is 24.3. The molecule has 1 N–H and O–H groups in total. The monoisotopic (exact) mass is 251 g/mol. The summed E-state index contributed by atoms with van der Waals surface area (Å²) in [5.41, 5.74) is 0. The molecule has 0 amide bonds. The van der Waals surface area contributed by atoms with Crippen molar-refractivity contribution in [2.45, 2.75) is 13.3 Å². The van der Waals surface area contributed by atoms with E-state index in [1.807, 2.05) is 6.92 Å². The highest BCUT2D eigenvalue weighted by Gasteiger charge is 2.13. The summed E-state index contributed by atoms with van der Waals surface area (Å²) in [6.07, 6.45) is -2.46. The zero-order valence-corrected chi connectivity index (χ0v) is 9.67. The van der Waals surface area contributed by atoms with Crippen molar-refractivity contribution >= 4 is 23.5 Å². The fourth-order valence-electron chi connectivity index (χ4n) is 1.04. The maximum atomic E-state index is 12.2. The van der Waals surface area contributed by atoms with Crippen molar-refractivity contribution < 1.29 is 8.78 Å². The van der Waals surface area contributed by atoms with E-state index in [9.17, 15) is 8.78 Å². The zero-order chi connectivity index (χ0) is 12.1. The Kier molecular flexibility index (Phi) is 4.60. The van der Waals surface area contributed by atoms with Gasteiger partial charge in [0.2, 0.25) is 17.2 Å². The molecular weight excluding hydrogens is 240 g/mol. The normalized spacial score (nSPS) is 10.6. The Bertz CT molecular complexity index is 349. The SMILES string of the molecule is CCNc1nc(Cl)nc(N(C)CC(F)F)n1. The molecule has 0 atom stereocenters. The Morgan fingerprint density at radius 2 is 2.06 bits per heavy atom. The molecule has 1 aromatic rings. The third kappa shape index (κ3) is 3.73. The fourth-order valence-corrected chi connectivity index (χ4v) is 1.19. The van der Waals surface area contributed by atoms with Crippen LogP contribution in [0.3, 0.4) is 0 Å². The molecule has 0 aromatic carbocycles. The van der Waals surface area contributed by atoms with Crippen LogP contribution in [0.1, 0.15) is 6.92 Å². The average Bonchev–Trinajstić information content (AvgIpc) is 2.16. The van der Waals surface area contributed by atoms with Gasteiger partial charge in [0.15, 0.2) is 0 Å². The molecule has 0 saturated carbocycles. The van der Waals surface area contributed by atoms with Crippen LogP contribution in [0.5, 0.6) is 0 Å². The summed E-state index contributed by atoms with van der Waals surface area (Å²) in [5, 5.41) is 2.81. The van der Waals surface area contributed by atoms with Gasteiger partial charge in [-0.2, -0.15) is 15.0 Å². The Labute approximate surface area is 96.9 Å². The standard InChI is InChI=1S/C8H12ClF2N5/c1-3-12-7-13-6(9)14-8(15-7)16(2)4-5(10)11/h5H,3-4H2,1-2H3,(H,12,13,14,15). The van der Waals surface area contributed by atoms with Crippen molar-refractivity contribution in [1.82, 2.24) is 15.0 Å². The first-order chi connectivity index (χ1) is 7.52. The second-order valence-corrected chi connectivity index (χ2v) is 3.37. The highest BCUT2D eigenvalue weighted by molar-refractivity contribution is 6.28. The van der Waals surface area contributed by atoms with Gasteiger partial charge in [0.25, 0.3) is 6.43 Å². The Balaban J connectivity index is 2.86. The van der Waals surface area contributed by atoms with Crippen LogP contribution < -0.4 is 10.2 Å². The van der Waals surface area contributed by atoms with Crippen LogP contribution in [0.2, 0.25) is 5.28 Å². The van der Waals surface area contributed by atoms with Crippen LogP contribution in [-0.2, 0) is 0 Å². The van der Waals surface area contributed by atoms with Crippen LogP contribution in [0.4, 0.5) is 20.7 Å². The number of anilines is 2. The van der Waals surface area contributed by atoms with E-state index in [0.717, 1.165) is 0 Å². The smallest absolute Gasteiger partial charge is 0.255 e. The highest BCUT2D eigenvalue weighted by Crippen LogP contribution is 2.13. The van der Waals surface area contributed by atoms with Crippen molar-refractivity contribution in [3.05, 3.63) is 5.28 Å². The first-order valence-electron chi connectivity index (χ1n) is 4.67. The Hall–Kier alpha value is -1.24. The first kappa shape index (κ1) is 12.8. The summed E-state index contributed by atoms with van der Waals surface area (Å²) in [7, 11) is 1.47. The van der Waals surface area contributed by atoms with Crippen molar-refractivity contribution in [2.24, 2.45) is 0 Å². The lowest BCUT2D eigenvalue weighted by Gasteiger charge is -2.16. The molecule has 0 radical (unpaired) electrons. The summed E-state index contributed by atoms with van der Waals surface area (Å²) in [6, 6.07) is 0. The van der Waals surface area contributed by atoms with Crippen molar-refractivity contribution in [3.63, 3.8) is 0 Å². The van der Waals surface area contributed by atoms with Crippen LogP contribution in [-0.4, -0.2) is 41.5 Å². The topological polar surface area (TPSA) is 53.9 Å². The number of nitrogens with zero attached hydrogens (tertiary/aromatic N) is 4. The van der Waals surface area contributed by atoms with Crippen LogP contribution >= 0.6 is 11.6 Å². The number of halogens is 3. The molecule has 0 unspecified atom stereocenters. The minimum Gasteiger partial charge on any atom is -0.354 e. The van der Waals surface area contributed by atoms with Gasteiger partial charge < -0.3 is 10.2 Å². The number of hydrogen-bond acceptors (Lipinski definition) is 5. The van der Waals surface area contributed by atoms with Gasteiger partial charge in [-0.25, -0.2) is 8.78 Å². The molecule has 0 bridgehead atoms. The maximum Gasteiger partial charge on any atom is 0.255 e. The molecule has 1 rings (SSSR count). The summed E-state index contributed by atoms with van der Waals surface area (Å²) in [4.78, 5) is 12.7. The molecule has 8 heteroatoms. The minimum absolute atomic E-state index is 0.0259. The maximum absolute atomic E-state index is 12.2. The molecule has 0 aliphatic rings. The molecule has 16 heavy (non-hydrogen) atoms. The van der Waals surface area contributed by atoms with E-state index in [1.165, 1.54) is 11.9 Å². The van der Waals surface area contributed by atoms with Gasteiger partial charge >= 0.3 is 0 Å². The summed E-state index contributed by atoms with van der Waals surface area (Å²) in [6.45, 7) is 2.02. The van der Waals surface area contributed by atoms with Crippen LogP contribution in [0.25, 0.3) is 0 Å². The van der Waals surface area contributed by atoms with Gasteiger partial charge in [-0.15, -0.1) is 0 Å². The van der Waals surface area contributed by atoms with E-state index in [1.54, 1.807) is 0 Å². The fraction of sp³-hybridized carbons (Fsp3) is 0.625. The molecule has 5 nitrogen and oxygen atoms in total. The molecule has 0 aliphatic carbocycles. The van der Waals surface area contributed by atoms with Crippen molar-refractivity contribution in [2.75, 3.05) is 30.4 Å². The molecule has 0 aliphatic heterocycles. The van der Waals surface area contributed by atoms with E-state index in [-0.39, 0.29) is 17.2 Å². The van der Waals surface area contributed by atoms with E-state index in [4.69, 9.17) is 11.6 Å². The number of nitrogens with one attached hydrogen (secondary N) is 1. The van der Waals surface area contributed by atoms with Gasteiger partial charge in [-0.1, -0.05) is 0 Å². The molecular formula is C8H12ClF2N5.